The average Bonchev–Trinajstić information content (AvgIpc) is 2.44. The van der Waals surface area contributed by atoms with E-state index in [1.807, 2.05) is 0 Å². The molecule has 0 radical (unpaired) electrons. The van der Waals surface area contributed by atoms with E-state index >= 15 is 0 Å². The zero-order chi connectivity index (χ0) is 16.7. The van der Waals surface area contributed by atoms with Gasteiger partial charge in [0.2, 0.25) is 0 Å². The summed E-state index contributed by atoms with van der Waals surface area (Å²) in [6.45, 7) is 5.08. The number of carbonyl (C=O) groups excluding carboxylic acids is 1. The summed E-state index contributed by atoms with van der Waals surface area (Å²) in [6, 6.07) is 3.63. The van der Waals surface area contributed by atoms with E-state index in [1.54, 1.807) is 20.8 Å². The van der Waals surface area contributed by atoms with E-state index in [9.17, 15) is 23.3 Å². The second kappa shape index (κ2) is 5.68. The Morgan fingerprint density at radius 2 is 2.00 bits per heavy atom. The van der Waals surface area contributed by atoms with Crippen LogP contribution in [0.15, 0.2) is 18.2 Å². The third kappa shape index (κ3) is 2.83. The number of hydrogen-bond donors (Lipinski definition) is 0. The van der Waals surface area contributed by atoms with Crippen molar-refractivity contribution in [1.29, 1.82) is 0 Å². The van der Waals surface area contributed by atoms with Crippen LogP contribution >= 0.6 is 0 Å². The van der Waals surface area contributed by atoms with Gasteiger partial charge in [0.05, 0.1) is 15.9 Å². The fourth-order valence-corrected chi connectivity index (χ4v) is 4.18. The summed E-state index contributed by atoms with van der Waals surface area (Å²) in [5.41, 5.74) is 0.799. The summed E-state index contributed by atoms with van der Waals surface area (Å²) in [6.07, 6.45) is 0. The van der Waals surface area contributed by atoms with E-state index in [1.165, 1.54) is 23.1 Å². The molecule has 1 aromatic carbocycles. The molecule has 0 unspecified atom stereocenters. The first-order valence-corrected chi connectivity index (χ1v) is 8.64. The molecule has 1 heterocycles. The van der Waals surface area contributed by atoms with Gasteiger partial charge in [-0.2, -0.15) is 0 Å². The van der Waals surface area contributed by atoms with Crippen LogP contribution in [0.1, 0.15) is 29.8 Å². The third-order valence-electron chi connectivity index (χ3n) is 4.27. The number of amides is 1. The van der Waals surface area contributed by atoms with Crippen LogP contribution in [0.25, 0.3) is 0 Å². The maximum absolute atomic E-state index is 12.6. The summed E-state index contributed by atoms with van der Waals surface area (Å²) < 4.78 is 23.7. The van der Waals surface area contributed by atoms with Crippen LogP contribution in [-0.2, 0) is 9.84 Å². The lowest BCUT2D eigenvalue weighted by Crippen LogP contribution is -2.54. The maximum atomic E-state index is 12.6. The topological polar surface area (TPSA) is 97.6 Å². The van der Waals surface area contributed by atoms with E-state index in [2.05, 4.69) is 0 Å². The first kappa shape index (κ1) is 16.4. The summed E-state index contributed by atoms with van der Waals surface area (Å²) in [5, 5.41) is 10.1. The second-order valence-corrected chi connectivity index (χ2v) is 8.05. The fraction of sp³-hybridized carbons (Fsp3) is 0.500. The highest BCUT2D eigenvalue weighted by Gasteiger charge is 2.38. The highest BCUT2D eigenvalue weighted by molar-refractivity contribution is 7.92. The van der Waals surface area contributed by atoms with Gasteiger partial charge in [-0.3, -0.25) is 14.9 Å². The number of sulfone groups is 1. The van der Waals surface area contributed by atoms with Gasteiger partial charge >= 0.3 is 0 Å². The minimum Gasteiger partial charge on any atom is -0.334 e. The molecule has 120 valence electrons. The van der Waals surface area contributed by atoms with Gasteiger partial charge in [0.15, 0.2) is 9.84 Å². The lowest BCUT2D eigenvalue weighted by atomic mass is 10.0. The van der Waals surface area contributed by atoms with Crippen LogP contribution in [-0.4, -0.2) is 47.7 Å². The van der Waals surface area contributed by atoms with Crippen LogP contribution in [0.4, 0.5) is 5.69 Å². The van der Waals surface area contributed by atoms with Crippen LogP contribution in [0.2, 0.25) is 0 Å². The van der Waals surface area contributed by atoms with Crippen molar-refractivity contribution in [2.75, 3.05) is 12.3 Å². The molecule has 0 aromatic heterocycles. The Hall–Kier alpha value is -1.96. The van der Waals surface area contributed by atoms with E-state index < -0.39 is 26.1 Å². The van der Waals surface area contributed by atoms with E-state index in [0.717, 1.165) is 0 Å². The molecule has 2 atom stereocenters. The molecule has 2 rings (SSSR count). The minimum atomic E-state index is -3.17. The summed E-state index contributed by atoms with van der Waals surface area (Å²) >= 11 is 0. The van der Waals surface area contributed by atoms with Gasteiger partial charge in [-0.25, -0.2) is 8.42 Å². The zero-order valence-corrected chi connectivity index (χ0v) is 13.5. The third-order valence-corrected chi connectivity index (χ3v) is 6.54. The number of rotatable bonds is 2. The Morgan fingerprint density at radius 3 is 2.55 bits per heavy atom. The van der Waals surface area contributed by atoms with Crippen molar-refractivity contribution < 1.29 is 18.1 Å². The van der Waals surface area contributed by atoms with Crippen molar-refractivity contribution in [3.05, 3.63) is 39.4 Å². The van der Waals surface area contributed by atoms with E-state index in [0.29, 0.717) is 11.1 Å². The molecule has 1 fully saturated rings. The second-order valence-electron chi connectivity index (χ2n) is 5.57. The van der Waals surface area contributed by atoms with Crippen LogP contribution in [0.3, 0.4) is 0 Å². The van der Waals surface area contributed by atoms with Crippen molar-refractivity contribution in [1.82, 2.24) is 4.90 Å². The van der Waals surface area contributed by atoms with E-state index in [-0.39, 0.29) is 23.9 Å². The van der Waals surface area contributed by atoms with Gasteiger partial charge in [-0.05, 0) is 32.4 Å². The maximum Gasteiger partial charge on any atom is 0.269 e. The van der Waals surface area contributed by atoms with Crippen molar-refractivity contribution in [3.8, 4) is 0 Å². The molecule has 1 amide bonds. The van der Waals surface area contributed by atoms with Gasteiger partial charge in [-0.1, -0.05) is 0 Å². The fourth-order valence-electron chi connectivity index (χ4n) is 2.61. The number of hydrogen-bond acceptors (Lipinski definition) is 5. The molecule has 22 heavy (non-hydrogen) atoms. The predicted molar refractivity (Wildman–Crippen MR) is 81.6 cm³/mol. The standard InChI is InChI=1S/C14H18N2O5S/c1-9-8-12(16(18)19)4-5-13(9)14(17)15-6-7-22(20,21)11(3)10(15)2/h4-5,8,10-11H,6-7H2,1-3H3/t10-,11+/m0/s1. The largest absolute Gasteiger partial charge is 0.334 e. The monoisotopic (exact) mass is 326 g/mol. The van der Waals surface area contributed by atoms with Crippen molar-refractivity contribution in [3.63, 3.8) is 0 Å². The number of nitro benzene ring substituents is 1. The summed E-state index contributed by atoms with van der Waals surface area (Å²) in [7, 11) is -3.17. The lowest BCUT2D eigenvalue weighted by Gasteiger charge is -2.37. The molecular weight excluding hydrogens is 308 g/mol. The van der Waals surface area contributed by atoms with Crippen molar-refractivity contribution in [2.45, 2.75) is 32.1 Å². The Morgan fingerprint density at radius 1 is 1.36 bits per heavy atom. The SMILES string of the molecule is Cc1cc([N+](=O)[O-])ccc1C(=O)N1CCS(=O)(=O)[C@H](C)[C@@H]1C. The molecule has 1 aliphatic heterocycles. The van der Waals surface area contributed by atoms with Gasteiger partial charge in [0, 0.05) is 30.3 Å². The molecular formula is C14H18N2O5S. The Balaban J connectivity index is 2.31. The Labute approximate surface area is 129 Å². The van der Waals surface area contributed by atoms with E-state index in [4.69, 9.17) is 0 Å². The number of aryl methyl sites for hydroxylation is 1. The number of nitro groups is 1. The van der Waals surface area contributed by atoms with Gasteiger partial charge in [0.25, 0.3) is 11.6 Å². The van der Waals surface area contributed by atoms with Gasteiger partial charge in [0.1, 0.15) is 0 Å². The van der Waals surface area contributed by atoms with Gasteiger partial charge in [-0.15, -0.1) is 0 Å². The number of carbonyl (C=O) groups is 1. The highest BCUT2D eigenvalue weighted by atomic mass is 32.2. The van der Waals surface area contributed by atoms with Crippen LogP contribution < -0.4 is 0 Å². The van der Waals surface area contributed by atoms with Crippen LogP contribution in [0.5, 0.6) is 0 Å². The molecule has 1 saturated heterocycles. The van der Waals surface area contributed by atoms with Crippen LogP contribution in [0, 0.1) is 17.0 Å². The Kier molecular flexibility index (Phi) is 4.23. The summed E-state index contributed by atoms with van der Waals surface area (Å²) in [5.74, 6) is -0.349. The van der Waals surface area contributed by atoms with Crippen molar-refractivity contribution in [2.24, 2.45) is 0 Å². The highest BCUT2D eigenvalue weighted by Crippen LogP contribution is 2.24. The zero-order valence-electron chi connectivity index (χ0n) is 12.6. The normalized spacial score (nSPS) is 24.0. The lowest BCUT2D eigenvalue weighted by molar-refractivity contribution is -0.384. The summed E-state index contributed by atoms with van der Waals surface area (Å²) in [4.78, 5) is 24.4. The number of nitrogens with zero attached hydrogens (tertiary/aromatic N) is 2. The molecule has 8 heteroatoms. The number of benzene rings is 1. The molecule has 1 aliphatic rings. The Bertz CT molecular complexity index is 729. The first-order chi connectivity index (χ1) is 10.1. The molecule has 0 aliphatic carbocycles. The molecule has 0 N–H and O–H groups in total. The molecule has 0 saturated carbocycles. The molecule has 0 spiro atoms. The molecule has 7 nitrogen and oxygen atoms in total. The smallest absolute Gasteiger partial charge is 0.269 e. The average molecular weight is 326 g/mol. The molecule has 0 bridgehead atoms. The minimum absolute atomic E-state index is 0.0593. The quantitative estimate of drug-likeness (QED) is 0.606. The van der Waals surface area contributed by atoms with Crippen molar-refractivity contribution >= 4 is 21.4 Å². The first-order valence-electron chi connectivity index (χ1n) is 6.92. The predicted octanol–water partition coefficient (Wildman–Crippen LogP) is 1.55. The number of non-ortho nitro benzene ring substituents is 1. The molecule has 1 aromatic rings. The van der Waals surface area contributed by atoms with Gasteiger partial charge < -0.3 is 4.90 Å².